The van der Waals surface area contributed by atoms with Crippen molar-refractivity contribution < 1.29 is 19.0 Å². The summed E-state index contributed by atoms with van der Waals surface area (Å²) in [6.45, 7) is 4.74. The Hall–Kier alpha value is -2.57. The Balaban J connectivity index is 1.46. The highest BCUT2D eigenvalue weighted by atomic mass is 16.5. The fourth-order valence-electron chi connectivity index (χ4n) is 4.78. The lowest BCUT2D eigenvalue weighted by Gasteiger charge is -2.29. The smallest absolute Gasteiger partial charge is 0.254 e. The third-order valence-electron chi connectivity index (χ3n) is 6.90. The summed E-state index contributed by atoms with van der Waals surface area (Å²) in [6.07, 6.45) is 4.27. The van der Waals surface area contributed by atoms with Gasteiger partial charge in [0, 0.05) is 38.8 Å². The lowest BCUT2D eigenvalue weighted by Crippen LogP contribution is -2.39. The molecular weight excluding hydrogens is 428 g/mol. The van der Waals surface area contributed by atoms with Crippen LogP contribution in [0.2, 0.25) is 0 Å². The van der Waals surface area contributed by atoms with Gasteiger partial charge in [-0.05, 0) is 73.9 Å². The Morgan fingerprint density at radius 3 is 2.50 bits per heavy atom. The first-order valence-corrected chi connectivity index (χ1v) is 12.5. The van der Waals surface area contributed by atoms with Crippen LogP contribution in [0.25, 0.3) is 0 Å². The summed E-state index contributed by atoms with van der Waals surface area (Å²) in [5.41, 5.74) is 2.03. The van der Waals surface area contributed by atoms with Crippen LogP contribution >= 0.6 is 0 Å². The number of hydrogen-bond acceptors (Lipinski definition) is 5. The maximum atomic E-state index is 13.7. The molecule has 184 valence electrons. The van der Waals surface area contributed by atoms with E-state index in [1.165, 1.54) is 18.4 Å². The molecule has 1 N–H and O–H groups in total. The normalized spacial score (nSPS) is 19.7. The molecule has 2 atom stereocenters. The molecule has 0 bridgehead atoms. The number of methoxy groups -OCH3 is 2. The predicted molar refractivity (Wildman–Crippen MR) is 134 cm³/mol. The molecule has 1 heterocycles. The Morgan fingerprint density at radius 2 is 1.76 bits per heavy atom. The molecule has 0 unspecified atom stereocenters. The summed E-state index contributed by atoms with van der Waals surface area (Å²) in [4.78, 5) is 15.8. The fraction of sp³-hybridized carbons (Fsp3) is 0.536. The second-order valence-corrected chi connectivity index (χ2v) is 9.58. The maximum absolute atomic E-state index is 13.7. The van der Waals surface area contributed by atoms with Gasteiger partial charge in [0.2, 0.25) is 0 Å². The number of carbonyl (C=O) groups is 1. The second-order valence-electron chi connectivity index (χ2n) is 9.58. The van der Waals surface area contributed by atoms with Gasteiger partial charge in [0.25, 0.3) is 5.91 Å². The van der Waals surface area contributed by atoms with E-state index in [4.69, 9.17) is 14.2 Å². The second kappa shape index (κ2) is 12.2. The van der Waals surface area contributed by atoms with Crippen molar-refractivity contribution in [3.63, 3.8) is 0 Å². The van der Waals surface area contributed by atoms with E-state index < -0.39 is 0 Å². The number of hydrogen-bond donors (Lipinski definition) is 1. The van der Waals surface area contributed by atoms with Crippen LogP contribution in [0.4, 0.5) is 0 Å². The van der Waals surface area contributed by atoms with E-state index in [1.54, 1.807) is 14.2 Å². The average molecular weight is 467 g/mol. The number of rotatable bonds is 13. The highest BCUT2D eigenvalue weighted by Gasteiger charge is 2.33. The molecule has 1 saturated carbocycles. The van der Waals surface area contributed by atoms with E-state index in [2.05, 4.69) is 40.5 Å². The van der Waals surface area contributed by atoms with Crippen molar-refractivity contribution in [3.8, 4) is 11.5 Å². The lowest BCUT2D eigenvalue weighted by atomic mass is 9.89. The first-order chi connectivity index (χ1) is 16.7. The number of nitrogens with one attached hydrogen (secondary N) is 1. The van der Waals surface area contributed by atoms with E-state index in [1.807, 2.05) is 18.2 Å². The molecule has 0 spiro atoms. The topological polar surface area (TPSA) is 60.0 Å². The Bertz CT molecular complexity index is 916. The number of nitrogens with zero attached hydrogens (tertiary/aromatic N) is 1. The summed E-state index contributed by atoms with van der Waals surface area (Å²) >= 11 is 0. The van der Waals surface area contributed by atoms with Crippen molar-refractivity contribution in [1.82, 2.24) is 10.2 Å². The van der Waals surface area contributed by atoms with Crippen LogP contribution in [-0.2, 0) is 11.2 Å². The zero-order chi connectivity index (χ0) is 23.8. The minimum absolute atomic E-state index is 0.0849. The first kappa shape index (κ1) is 24.6. The van der Waals surface area contributed by atoms with Gasteiger partial charge in [0.05, 0.1) is 13.7 Å². The number of ether oxygens (including phenoxy) is 3. The van der Waals surface area contributed by atoms with E-state index in [0.717, 1.165) is 39.0 Å². The van der Waals surface area contributed by atoms with Crippen molar-refractivity contribution in [1.29, 1.82) is 0 Å². The Kier molecular flexibility index (Phi) is 8.83. The number of carbonyl (C=O) groups excluding carboxylic acids is 1. The molecule has 2 aliphatic rings. The van der Waals surface area contributed by atoms with Gasteiger partial charge in [-0.15, -0.1) is 0 Å². The van der Waals surface area contributed by atoms with Crippen LogP contribution in [0.15, 0.2) is 48.5 Å². The molecule has 34 heavy (non-hydrogen) atoms. The molecule has 6 nitrogen and oxygen atoms in total. The molecule has 4 rings (SSSR count). The van der Waals surface area contributed by atoms with Crippen LogP contribution in [0.5, 0.6) is 11.5 Å². The van der Waals surface area contributed by atoms with Crippen molar-refractivity contribution in [2.24, 2.45) is 17.8 Å². The molecule has 1 amide bonds. The molecule has 2 aromatic carbocycles. The monoisotopic (exact) mass is 466 g/mol. The molecule has 6 heteroatoms. The third kappa shape index (κ3) is 6.73. The Labute approximate surface area is 203 Å². The molecule has 1 saturated heterocycles. The number of amides is 1. The first-order valence-electron chi connectivity index (χ1n) is 12.5. The molecule has 0 radical (unpaired) electrons. The van der Waals surface area contributed by atoms with Crippen LogP contribution in [-0.4, -0.2) is 64.4 Å². The van der Waals surface area contributed by atoms with E-state index in [-0.39, 0.29) is 5.91 Å². The summed E-state index contributed by atoms with van der Waals surface area (Å²) < 4.78 is 16.5. The predicted octanol–water partition coefficient (Wildman–Crippen LogP) is 4.04. The lowest BCUT2D eigenvalue weighted by molar-refractivity contribution is 0.0710. The van der Waals surface area contributed by atoms with Crippen LogP contribution in [0.3, 0.4) is 0 Å². The highest BCUT2D eigenvalue weighted by molar-refractivity contribution is 5.95. The van der Waals surface area contributed by atoms with Crippen LogP contribution < -0.4 is 14.8 Å². The van der Waals surface area contributed by atoms with Gasteiger partial charge in [-0.3, -0.25) is 4.79 Å². The van der Waals surface area contributed by atoms with Gasteiger partial charge in [-0.25, -0.2) is 0 Å². The zero-order valence-electron chi connectivity index (χ0n) is 20.5. The average Bonchev–Trinajstić information content (AvgIpc) is 3.59. The van der Waals surface area contributed by atoms with E-state index in [0.29, 0.717) is 48.0 Å². The van der Waals surface area contributed by atoms with Gasteiger partial charge in [-0.1, -0.05) is 30.3 Å². The maximum Gasteiger partial charge on any atom is 0.254 e. The zero-order valence-corrected chi connectivity index (χ0v) is 20.5. The Morgan fingerprint density at radius 1 is 0.971 bits per heavy atom. The minimum atomic E-state index is 0.0849. The summed E-state index contributed by atoms with van der Waals surface area (Å²) in [5.74, 6) is 2.96. The van der Waals surface area contributed by atoms with Gasteiger partial charge in [0.15, 0.2) is 11.5 Å². The molecular formula is C28H38N2O4. The van der Waals surface area contributed by atoms with Crippen LogP contribution in [0, 0.1) is 17.8 Å². The highest BCUT2D eigenvalue weighted by Crippen LogP contribution is 2.33. The summed E-state index contributed by atoms with van der Waals surface area (Å²) in [6, 6.07) is 16.2. The quantitative estimate of drug-likeness (QED) is 0.452. The van der Waals surface area contributed by atoms with Crippen molar-refractivity contribution >= 4 is 5.91 Å². The molecule has 1 aliphatic heterocycles. The largest absolute Gasteiger partial charge is 0.493 e. The molecule has 1 aliphatic carbocycles. The van der Waals surface area contributed by atoms with E-state index in [9.17, 15) is 4.79 Å². The third-order valence-corrected chi connectivity index (χ3v) is 6.90. The summed E-state index contributed by atoms with van der Waals surface area (Å²) in [7, 11) is 3.30. The van der Waals surface area contributed by atoms with Gasteiger partial charge in [0.1, 0.15) is 0 Å². The van der Waals surface area contributed by atoms with Gasteiger partial charge in [-0.2, -0.15) is 0 Å². The van der Waals surface area contributed by atoms with Crippen LogP contribution in [0.1, 0.15) is 35.2 Å². The minimum Gasteiger partial charge on any atom is -0.493 e. The van der Waals surface area contributed by atoms with Gasteiger partial charge < -0.3 is 24.4 Å². The van der Waals surface area contributed by atoms with Crippen molar-refractivity contribution in [2.75, 3.05) is 53.6 Å². The van der Waals surface area contributed by atoms with Crippen molar-refractivity contribution in [3.05, 3.63) is 59.7 Å². The molecule has 0 aromatic heterocycles. The number of benzene rings is 2. The fourth-order valence-corrected chi connectivity index (χ4v) is 4.78. The molecule has 2 aromatic rings. The van der Waals surface area contributed by atoms with Gasteiger partial charge >= 0.3 is 0 Å². The standard InChI is InChI=1S/C28H38N2O4/c1-32-13-6-14-34-27-16-23(11-12-26(27)33-2)28(31)30(19-22-9-10-22)20-25-18-29-17-24(25)15-21-7-4-3-5-8-21/h3-5,7-8,11-12,16,22,24-25,29H,6,9-10,13-15,17-20H2,1-2H3/t24-,25+/m0/s1. The summed E-state index contributed by atoms with van der Waals surface area (Å²) in [5, 5.41) is 3.57. The van der Waals surface area contributed by atoms with E-state index >= 15 is 0 Å². The SMILES string of the molecule is COCCCOc1cc(C(=O)N(CC2CC2)C[C@H]2CNC[C@@H]2Cc2ccccc2)ccc1OC. The molecule has 2 fully saturated rings. The van der Waals surface area contributed by atoms with Crippen molar-refractivity contribution in [2.45, 2.75) is 25.7 Å².